The zero-order chi connectivity index (χ0) is 16.8. The highest BCUT2D eigenvalue weighted by Crippen LogP contribution is 2.06. The van der Waals surface area contributed by atoms with Crippen LogP contribution in [0.5, 0.6) is 0 Å². The minimum absolute atomic E-state index is 0.260. The van der Waals surface area contributed by atoms with Gasteiger partial charge >= 0.3 is 17.9 Å². The maximum Gasteiger partial charge on any atom is 0.348 e. The lowest BCUT2D eigenvalue weighted by atomic mass is 10.2. The van der Waals surface area contributed by atoms with E-state index in [1.807, 2.05) is 13.8 Å². The van der Waals surface area contributed by atoms with E-state index in [-0.39, 0.29) is 13.0 Å². The summed E-state index contributed by atoms with van der Waals surface area (Å²) in [5.41, 5.74) is 0. The molecule has 0 aromatic heterocycles. The lowest BCUT2D eigenvalue weighted by Crippen LogP contribution is -2.31. The van der Waals surface area contributed by atoms with Gasteiger partial charge in [-0.1, -0.05) is 39.5 Å². The first kappa shape index (κ1) is 20.4. The minimum Gasteiger partial charge on any atom is -0.466 e. The lowest BCUT2D eigenvalue weighted by Gasteiger charge is -2.15. The van der Waals surface area contributed by atoms with E-state index in [2.05, 4.69) is 0 Å². The Morgan fingerprint density at radius 3 is 1.91 bits per heavy atom. The molecule has 0 heterocycles. The van der Waals surface area contributed by atoms with Crippen molar-refractivity contribution in [2.45, 2.75) is 71.8 Å². The van der Waals surface area contributed by atoms with Gasteiger partial charge in [0, 0.05) is 6.92 Å². The summed E-state index contributed by atoms with van der Waals surface area (Å²) in [5.74, 6) is -1.89. The topological polar surface area (TPSA) is 78.9 Å². The van der Waals surface area contributed by atoms with Crippen molar-refractivity contribution in [3.8, 4) is 0 Å². The van der Waals surface area contributed by atoms with Crippen molar-refractivity contribution in [1.29, 1.82) is 0 Å². The molecule has 0 unspecified atom stereocenters. The van der Waals surface area contributed by atoms with Crippen LogP contribution in [0.1, 0.15) is 65.7 Å². The van der Waals surface area contributed by atoms with Gasteiger partial charge < -0.3 is 14.2 Å². The predicted octanol–water partition coefficient (Wildman–Crippen LogP) is 2.78. The lowest BCUT2D eigenvalue weighted by molar-refractivity contribution is -0.171. The summed E-state index contributed by atoms with van der Waals surface area (Å²) in [7, 11) is 0. The van der Waals surface area contributed by atoms with Gasteiger partial charge in [-0.25, -0.2) is 4.79 Å². The van der Waals surface area contributed by atoms with Crippen LogP contribution in [0.3, 0.4) is 0 Å². The third-order valence-corrected chi connectivity index (χ3v) is 2.93. The summed E-state index contributed by atoms with van der Waals surface area (Å²) in [5, 5.41) is 0. The first-order chi connectivity index (χ1) is 10.5. The molecule has 128 valence electrons. The van der Waals surface area contributed by atoms with Gasteiger partial charge in [-0.2, -0.15) is 0 Å². The van der Waals surface area contributed by atoms with Crippen LogP contribution in [0, 0.1) is 0 Å². The Hall–Kier alpha value is -1.59. The second-order valence-corrected chi connectivity index (χ2v) is 5.10. The van der Waals surface area contributed by atoms with Crippen molar-refractivity contribution in [3.63, 3.8) is 0 Å². The molecule has 0 spiro atoms. The fraction of sp³-hybridized carbons (Fsp3) is 0.812. The molecule has 0 amide bonds. The van der Waals surface area contributed by atoms with Crippen LogP contribution in [-0.4, -0.2) is 37.2 Å². The highest BCUT2D eigenvalue weighted by atomic mass is 16.6. The summed E-state index contributed by atoms with van der Waals surface area (Å²) >= 11 is 0. The maximum atomic E-state index is 11.8. The van der Waals surface area contributed by atoms with E-state index in [1.165, 1.54) is 6.92 Å². The number of hydrogen-bond acceptors (Lipinski definition) is 6. The molecule has 0 aliphatic rings. The molecule has 0 aromatic carbocycles. The molecule has 0 aromatic rings. The number of carbonyl (C=O) groups is 3. The summed E-state index contributed by atoms with van der Waals surface area (Å²) in [6.45, 7) is 5.84. The third kappa shape index (κ3) is 11.1. The van der Waals surface area contributed by atoms with E-state index in [0.717, 1.165) is 38.5 Å². The number of unbranched alkanes of at least 4 members (excludes halogenated alkanes) is 4. The van der Waals surface area contributed by atoms with Gasteiger partial charge in [0.25, 0.3) is 0 Å². The van der Waals surface area contributed by atoms with E-state index >= 15 is 0 Å². The van der Waals surface area contributed by atoms with Crippen molar-refractivity contribution in [1.82, 2.24) is 0 Å². The second kappa shape index (κ2) is 13.1. The van der Waals surface area contributed by atoms with Crippen molar-refractivity contribution < 1.29 is 28.6 Å². The fourth-order valence-electron chi connectivity index (χ4n) is 1.74. The van der Waals surface area contributed by atoms with Crippen LogP contribution in [-0.2, 0) is 28.6 Å². The second-order valence-electron chi connectivity index (χ2n) is 5.10. The van der Waals surface area contributed by atoms with Crippen LogP contribution in [0.15, 0.2) is 0 Å². The van der Waals surface area contributed by atoms with Gasteiger partial charge in [-0.3, -0.25) is 9.59 Å². The van der Waals surface area contributed by atoms with Crippen molar-refractivity contribution in [2.24, 2.45) is 0 Å². The van der Waals surface area contributed by atoms with Gasteiger partial charge in [0.15, 0.2) is 0 Å². The van der Waals surface area contributed by atoms with E-state index in [1.54, 1.807) is 0 Å². The van der Waals surface area contributed by atoms with Crippen LogP contribution < -0.4 is 0 Å². The van der Waals surface area contributed by atoms with Gasteiger partial charge in [0.1, 0.15) is 0 Å². The molecule has 0 N–H and O–H groups in total. The summed E-state index contributed by atoms with van der Waals surface area (Å²) < 4.78 is 14.9. The van der Waals surface area contributed by atoms with Gasteiger partial charge in [-0.15, -0.1) is 0 Å². The predicted molar refractivity (Wildman–Crippen MR) is 81.1 cm³/mol. The zero-order valence-corrected chi connectivity index (χ0v) is 13.9. The summed E-state index contributed by atoms with van der Waals surface area (Å²) in [6.07, 6.45) is 3.95. The van der Waals surface area contributed by atoms with Crippen LogP contribution >= 0.6 is 0 Å². The average Bonchev–Trinajstić information content (AvgIpc) is 2.47. The largest absolute Gasteiger partial charge is 0.466 e. The molecule has 6 nitrogen and oxygen atoms in total. The number of rotatable bonds is 12. The monoisotopic (exact) mass is 316 g/mol. The molecule has 0 aliphatic carbocycles. The van der Waals surface area contributed by atoms with E-state index in [4.69, 9.17) is 14.2 Å². The molecule has 0 saturated heterocycles. The van der Waals surface area contributed by atoms with E-state index in [0.29, 0.717) is 6.61 Å². The van der Waals surface area contributed by atoms with Crippen molar-refractivity contribution in [3.05, 3.63) is 0 Å². The van der Waals surface area contributed by atoms with Gasteiger partial charge in [-0.05, 0) is 12.8 Å². The summed E-state index contributed by atoms with van der Waals surface area (Å²) in [4.78, 5) is 34.5. The molecular weight excluding hydrogens is 288 g/mol. The fourth-order valence-corrected chi connectivity index (χ4v) is 1.74. The molecule has 6 heteroatoms. The molecule has 1 atom stereocenters. The Kier molecular flexibility index (Phi) is 12.2. The number of carbonyl (C=O) groups excluding carboxylic acids is 3. The van der Waals surface area contributed by atoms with E-state index in [9.17, 15) is 14.4 Å². The van der Waals surface area contributed by atoms with Crippen LogP contribution in [0.4, 0.5) is 0 Å². The van der Waals surface area contributed by atoms with Crippen LogP contribution in [0.2, 0.25) is 0 Å². The molecular formula is C16H28O6. The number of esters is 3. The Balaban J connectivity index is 4.22. The molecule has 0 fully saturated rings. The molecule has 0 aliphatic heterocycles. The SMILES string of the molecule is CCCCCOC(=O)C[C@H](OC(C)=O)C(=O)OCCCCC. The Morgan fingerprint density at radius 1 is 0.864 bits per heavy atom. The van der Waals surface area contributed by atoms with Crippen molar-refractivity contribution >= 4 is 17.9 Å². The third-order valence-electron chi connectivity index (χ3n) is 2.93. The molecule has 0 rings (SSSR count). The van der Waals surface area contributed by atoms with E-state index < -0.39 is 24.0 Å². The number of hydrogen-bond donors (Lipinski definition) is 0. The average molecular weight is 316 g/mol. The normalized spacial score (nSPS) is 11.6. The Bertz CT molecular complexity index is 340. The molecule has 22 heavy (non-hydrogen) atoms. The Labute approximate surface area is 132 Å². The van der Waals surface area contributed by atoms with Gasteiger partial charge in [0.05, 0.1) is 19.6 Å². The Morgan fingerprint density at radius 2 is 1.41 bits per heavy atom. The van der Waals surface area contributed by atoms with Crippen LogP contribution in [0.25, 0.3) is 0 Å². The number of ether oxygens (including phenoxy) is 3. The van der Waals surface area contributed by atoms with Gasteiger partial charge in [0.2, 0.25) is 6.10 Å². The zero-order valence-electron chi connectivity index (χ0n) is 13.9. The highest BCUT2D eigenvalue weighted by molar-refractivity contribution is 5.84. The highest BCUT2D eigenvalue weighted by Gasteiger charge is 2.27. The molecule has 0 bridgehead atoms. The minimum atomic E-state index is -1.22. The first-order valence-electron chi connectivity index (χ1n) is 8.00. The standard InChI is InChI=1S/C16H28O6/c1-4-6-8-10-20-15(18)12-14(22-13(3)17)16(19)21-11-9-7-5-2/h14H,4-12H2,1-3H3/t14-/m0/s1. The molecule has 0 radical (unpaired) electrons. The quantitative estimate of drug-likeness (QED) is 0.313. The molecule has 0 saturated carbocycles. The smallest absolute Gasteiger partial charge is 0.348 e. The first-order valence-corrected chi connectivity index (χ1v) is 8.00. The summed E-state index contributed by atoms with van der Waals surface area (Å²) in [6, 6.07) is 0. The van der Waals surface area contributed by atoms with Crippen molar-refractivity contribution in [2.75, 3.05) is 13.2 Å². The maximum absolute atomic E-state index is 11.8.